The zero-order valence-corrected chi connectivity index (χ0v) is 14.3. The van der Waals surface area contributed by atoms with Crippen LogP contribution in [0.2, 0.25) is 0 Å². The van der Waals surface area contributed by atoms with E-state index in [-0.39, 0.29) is 23.7 Å². The van der Waals surface area contributed by atoms with Crippen LogP contribution >= 0.6 is 12.4 Å². The van der Waals surface area contributed by atoms with Crippen molar-refractivity contribution in [1.82, 2.24) is 10.6 Å². The lowest BCUT2D eigenvalue weighted by Crippen LogP contribution is -2.42. The van der Waals surface area contributed by atoms with Crippen molar-refractivity contribution in [3.63, 3.8) is 0 Å². The molecule has 1 aliphatic heterocycles. The SMILES string of the molecule is CC1=C(C=CC(=O)NC2CCNCC2)C(C)(C)CCC1.Cl. The van der Waals surface area contributed by atoms with Gasteiger partial charge in [-0.15, -0.1) is 12.4 Å². The van der Waals surface area contributed by atoms with Crippen LogP contribution in [0.4, 0.5) is 0 Å². The van der Waals surface area contributed by atoms with E-state index in [1.165, 1.54) is 30.4 Å². The maximum absolute atomic E-state index is 12.0. The van der Waals surface area contributed by atoms with Crippen molar-refractivity contribution in [2.45, 2.75) is 58.9 Å². The van der Waals surface area contributed by atoms with E-state index >= 15 is 0 Å². The molecule has 120 valence electrons. The molecule has 2 rings (SSSR count). The van der Waals surface area contributed by atoms with Crippen LogP contribution in [0.3, 0.4) is 0 Å². The van der Waals surface area contributed by atoms with Crippen LogP contribution in [-0.4, -0.2) is 25.0 Å². The minimum absolute atomic E-state index is 0. The number of hydrogen-bond acceptors (Lipinski definition) is 2. The first-order valence-corrected chi connectivity index (χ1v) is 7.88. The van der Waals surface area contributed by atoms with Gasteiger partial charge in [0.1, 0.15) is 0 Å². The molecule has 0 radical (unpaired) electrons. The predicted octanol–water partition coefficient (Wildman–Crippen LogP) is 3.36. The lowest BCUT2D eigenvalue weighted by Gasteiger charge is -2.32. The van der Waals surface area contributed by atoms with Crippen LogP contribution in [0.1, 0.15) is 52.9 Å². The third kappa shape index (κ3) is 5.15. The van der Waals surface area contributed by atoms with E-state index in [4.69, 9.17) is 0 Å². The Morgan fingerprint density at radius 1 is 1.33 bits per heavy atom. The maximum Gasteiger partial charge on any atom is 0.244 e. The van der Waals surface area contributed by atoms with Crippen LogP contribution in [-0.2, 0) is 4.79 Å². The fourth-order valence-corrected chi connectivity index (χ4v) is 3.38. The Balaban J connectivity index is 0.00000220. The van der Waals surface area contributed by atoms with Crippen LogP contribution < -0.4 is 10.6 Å². The molecule has 0 saturated carbocycles. The van der Waals surface area contributed by atoms with Gasteiger partial charge < -0.3 is 10.6 Å². The quantitative estimate of drug-likeness (QED) is 0.785. The Bertz CT molecular complexity index is 421. The largest absolute Gasteiger partial charge is 0.350 e. The molecule has 2 N–H and O–H groups in total. The fraction of sp³-hybridized carbons (Fsp3) is 0.706. The summed E-state index contributed by atoms with van der Waals surface area (Å²) >= 11 is 0. The Labute approximate surface area is 135 Å². The van der Waals surface area contributed by atoms with Gasteiger partial charge in [-0.2, -0.15) is 0 Å². The van der Waals surface area contributed by atoms with E-state index in [9.17, 15) is 4.79 Å². The van der Waals surface area contributed by atoms with Crippen molar-refractivity contribution >= 4 is 18.3 Å². The van der Waals surface area contributed by atoms with Gasteiger partial charge in [0.15, 0.2) is 0 Å². The van der Waals surface area contributed by atoms with Crippen molar-refractivity contribution in [2.75, 3.05) is 13.1 Å². The first-order chi connectivity index (χ1) is 9.49. The van der Waals surface area contributed by atoms with Crippen molar-refractivity contribution in [3.05, 3.63) is 23.3 Å². The van der Waals surface area contributed by atoms with Gasteiger partial charge in [0.25, 0.3) is 0 Å². The maximum atomic E-state index is 12.0. The second-order valence-corrected chi connectivity index (χ2v) is 6.80. The molecule has 4 heteroatoms. The third-order valence-corrected chi connectivity index (χ3v) is 4.63. The highest BCUT2D eigenvalue weighted by atomic mass is 35.5. The van der Waals surface area contributed by atoms with Crippen LogP contribution in [0, 0.1) is 5.41 Å². The Hall–Kier alpha value is -0.800. The van der Waals surface area contributed by atoms with Gasteiger partial charge in [0, 0.05) is 12.1 Å². The smallest absolute Gasteiger partial charge is 0.244 e. The number of hydrogen-bond donors (Lipinski definition) is 2. The van der Waals surface area contributed by atoms with Gasteiger partial charge in [0.05, 0.1) is 0 Å². The second-order valence-electron chi connectivity index (χ2n) is 6.80. The predicted molar refractivity (Wildman–Crippen MR) is 90.8 cm³/mol. The molecule has 0 atom stereocenters. The summed E-state index contributed by atoms with van der Waals surface area (Å²) in [5, 5.41) is 6.42. The van der Waals surface area contributed by atoms with Crippen molar-refractivity contribution in [1.29, 1.82) is 0 Å². The molecule has 0 aromatic heterocycles. The van der Waals surface area contributed by atoms with Crippen LogP contribution in [0.15, 0.2) is 23.3 Å². The van der Waals surface area contributed by atoms with Crippen LogP contribution in [0.25, 0.3) is 0 Å². The zero-order valence-electron chi connectivity index (χ0n) is 13.5. The fourth-order valence-electron chi connectivity index (χ4n) is 3.38. The molecule has 0 bridgehead atoms. The minimum atomic E-state index is 0. The molecule has 2 aliphatic rings. The lowest BCUT2D eigenvalue weighted by atomic mass is 9.72. The van der Waals surface area contributed by atoms with E-state index in [1.807, 2.05) is 6.08 Å². The second kappa shape index (κ2) is 8.00. The molecule has 0 aromatic rings. The summed E-state index contributed by atoms with van der Waals surface area (Å²) < 4.78 is 0. The summed E-state index contributed by atoms with van der Waals surface area (Å²) in [7, 11) is 0. The molecule has 21 heavy (non-hydrogen) atoms. The number of nitrogens with one attached hydrogen (secondary N) is 2. The summed E-state index contributed by atoms with van der Waals surface area (Å²) in [6.07, 6.45) is 9.48. The summed E-state index contributed by atoms with van der Waals surface area (Å²) in [6, 6.07) is 0.336. The monoisotopic (exact) mass is 312 g/mol. The molecule has 3 nitrogen and oxygen atoms in total. The van der Waals surface area contributed by atoms with Gasteiger partial charge >= 0.3 is 0 Å². The summed E-state index contributed by atoms with van der Waals surface area (Å²) in [6.45, 7) is 8.77. The first kappa shape index (κ1) is 18.2. The van der Waals surface area contributed by atoms with E-state index in [0.29, 0.717) is 6.04 Å². The van der Waals surface area contributed by atoms with E-state index in [1.54, 1.807) is 6.08 Å². The number of piperidine rings is 1. The highest BCUT2D eigenvalue weighted by Crippen LogP contribution is 2.40. The first-order valence-electron chi connectivity index (χ1n) is 7.88. The topological polar surface area (TPSA) is 41.1 Å². The molecule has 1 fully saturated rings. The number of allylic oxidation sites excluding steroid dienone is 3. The Morgan fingerprint density at radius 2 is 2.00 bits per heavy atom. The van der Waals surface area contributed by atoms with Crippen LogP contribution in [0.5, 0.6) is 0 Å². The average Bonchev–Trinajstić information content (AvgIpc) is 2.38. The van der Waals surface area contributed by atoms with Gasteiger partial charge in [-0.1, -0.05) is 25.5 Å². The molecule has 0 aromatic carbocycles. The molecular weight excluding hydrogens is 284 g/mol. The Morgan fingerprint density at radius 3 is 2.62 bits per heavy atom. The number of amides is 1. The molecule has 0 spiro atoms. The van der Waals surface area contributed by atoms with Crippen molar-refractivity contribution in [2.24, 2.45) is 5.41 Å². The number of carbonyl (C=O) groups is 1. The van der Waals surface area contributed by atoms with Gasteiger partial charge in [-0.25, -0.2) is 0 Å². The van der Waals surface area contributed by atoms with Gasteiger partial charge in [-0.3, -0.25) is 4.79 Å². The van der Waals surface area contributed by atoms with Crippen molar-refractivity contribution < 1.29 is 4.79 Å². The zero-order chi connectivity index (χ0) is 14.6. The summed E-state index contributed by atoms with van der Waals surface area (Å²) in [5.74, 6) is 0.0542. The highest BCUT2D eigenvalue weighted by Gasteiger charge is 2.26. The third-order valence-electron chi connectivity index (χ3n) is 4.63. The average molecular weight is 313 g/mol. The molecule has 1 saturated heterocycles. The summed E-state index contributed by atoms with van der Waals surface area (Å²) in [5.41, 5.74) is 2.99. The van der Waals surface area contributed by atoms with Gasteiger partial charge in [0.2, 0.25) is 5.91 Å². The number of halogens is 1. The van der Waals surface area contributed by atoms with E-state index in [0.717, 1.165) is 25.9 Å². The number of rotatable bonds is 3. The Kier molecular flexibility index (Phi) is 6.95. The normalized spacial score (nSPS) is 23.0. The summed E-state index contributed by atoms with van der Waals surface area (Å²) in [4.78, 5) is 12.0. The van der Waals surface area contributed by atoms with E-state index in [2.05, 4.69) is 31.4 Å². The lowest BCUT2D eigenvalue weighted by molar-refractivity contribution is -0.117. The number of carbonyl (C=O) groups excluding carboxylic acids is 1. The van der Waals surface area contributed by atoms with Crippen molar-refractivity contribution in [3.8, 4) is 0 Å². The van der Waals surface area contributed by atoms with E-state index < -0.39 is 0 Å². The molecule has 1 heterocycles. The molecule has 1 aliphatic carbocycles. The molecule has 1 amide bonds. The molecular formula is C17H29ClN2O. The standard InChI is InChI=1S/C17H28N2O.ClH/c1-13-5-4-10-17(2,3)15(13)6-7-16(20)19-14-8-11-18-12-9-14;/h6-7,14,18H,4-5,8-12H2,1-3H3,(H,19,20);1H. The van der Waals surface area contributed by atoms with Gasteiger partial charge in [-0.05, 0) is 63.1 Å². The molecule has 0 unspecified atom stereocenters. The minimum Gasteiger partial charge on any atom is -0.350 e. The highest BCUT2D eigenvalue weighted by molar-refractivity contribution is 5.88.